The van der Waals surface area contributed by atoms with Crippen molar-refractivity contribution in [1.82, 2.24) is 10.2 Å². The van der Waals surface area contributed by atoms with Crippen LogP contribution in [-0.2, 0) is 0 Å². The molecule has 0 amide bonds. The molecule has 3 saturated heterocycles. The van der Waals surface area contributed by atoms with E-state index in [0.29, 0.717) is 17.3 Å². The first-order valence-electron chi connectivity index (χ1n) is 6.36. The van der Waals surface area contributed by atoms with E-state index in [4.69, 9.17) is 0 Å². The summed E-state index contributed by atoms with van der Waals surface area (Å²) in [5, 5.41) is 13.3. The quantitative estimate of drug-likeness (QED) is 0.749. The third-order valence-corrected chi connectivity index (χ3v) is 5.34. The highest BCUT2D eigenvalue weighted by atomic mass is 32.2. The number of aliphatic hydroxyl groups excluding tert-OH is 1. The number of thioether (sulfide) groups is 1. The maximum atomic E-state index is 9.29. The Balaban J connectivity index is 1.85. The molecule has 3 nitrogen and oxygen atoms in total. The molecule has 2 bridgehead atoms. The molecular formula is C12H24N2OS. The molecule has 0 aliphatic carbocycles. The molecule has 0 saturated carbocycles. The van der Waals surface area contributed by atoms with Crippen molar-refractivity contribution in [2.75, 3.05) is 32.5 Å². The van der Waals surface area contributed by atoms with E-state index in [1.54, 1.807) is 11.8 Å². The summed E-state index contributed by atoms with van der Waals surface area (Å²) in [6.07, 6.45) is 4.79. The van der Waals surface area contributed by atoms with Crippen molar-refractivity contribution in [3.05, 3.63) is 0 Å². The van der Waals surface area contributed by atoms with Crippen molar-refractivity contribution in [1.29, 1.82) is 0 Å². The Labute approximate surface area is 103 Å². The van der Waals surface area contributed by atoms with Gasteiger partial charge in [0.1, 0.15) is 0 Å². The fourth-order valence-electron chi connectivity index (χ4n) is 3.04. The monoisotopic (exact) mass is 244 g/mol. The number of fused-ring (bicyclic) bond motifs is 3. The van der Waals surface area contributed by atoms with E-state index >= 15 is 0 Å². The predicted octanol–water partition coefficient (Wildman–Crippen LogP) is 0.783. The lowest BCUT2D eigenvalue weighted by molar-refractivity contribution is 0.0667. The van der Waals surface area contributed by atoms with Crippen molar-refractivity contribution in [2.45, 2.75) is 37.1 Å². The maximum Gasteiger partial charge on any atom is 0.0564 e. The summed E-state index contributed by atoms with van der Waals surface area (Å²) >= 11 is 1.76. The highest BCUT2D eigenvalue weighted by Gasteiger charge is 2.35. The summed E-state index contributed by atoms with van der Waals surface area (Å²) in [7, 11) is 0. The zero-order valence-corrected chi connectivity index (χ0v) is 11.2. The van der Waals surface area contributed by atoms with Crippen LogP contribution in [0.3, 0.4) is 0 Å². The van der Waals surface area contributed by atoms with Crippen molar-refractivity contribution >= 4 is 11.8 Å². The van der Waals surface area contributed by atoms with E-state index in [0.717, 1.165) is 5.92 Å². The molecule has 2 N–H and O–H groups in total. The van der Waals surface area contributed by atoms with Gasteiger partial charge in [0, 0.05) is 23.9 Å². The normalized spacial score (nSPS) is 37.3. The van der Waals surface area contributed by atoms with E-state index in [-0.39, 0.29) is 6.61 Å². The van der Waals surface area contributed by atoms with Crippen LogP contribution in [0.1, 0.15) is 19.8 Å². The van der Waals surface area contributed by atoms with Crippen molar-refractivity contribution in [2.24, 2.45) is 5.92 Å². The number of rotatable bonds is 5. The molecule has 3 atom stereocenters. The Hall–Kier alpha value is 0.230. The molecule has 0 aromatic rings. The Morgan fingerprint density at radius 1 is 1.44 bits per heavy atom. The molecule has 0 radical (unpaired) electrons. The number of piperidine rings is 3. The van der Waals surface area contributed by atoms with Crippen LogP contribution in [-0.4, -0.2) is 59.8 Å². The molecular weight excluding hydrogens is 220 g/mol. The first kappa shape index (κ1) is 12.7. The third kappa shape index (κ3) is 2.73. The Morgan fingerprint density at radius 3 is 2.56 bits per heavy atom. The minimum atomic E-state index is 0.274. The van der Waals surface area contributed by atoms with Gasteiger partial charge in [-0.3, -0.25) is 0 Å². The molecule has 3 fully saturated rings. The van der Waals surface area contributed by atoms with Crippen molar-refractivity contribution in [3.8, 4) is 0 Å². The summed E-state index contributed by atoms with van der Waals surface area (Å²) < 4.78 is 0. The number of nitrogens with zero attached hydrogens (tertiary/aromatic N) is 1. The van der Waals surface area contributed by atoms with Crippen LogP contribution in [0.4, 0.5) is 0 Å². The van der Waals surface area contributed by atoms with Crippen LogP contribution in [0.15, 0.2) is 0 Å². The minimum Gasteiger partial charge on any atom is -0.395 e. The number of aliphatic hydroxyl groups is 1. The van der Waals surface area contributed by atoms with Gasteiger partial charge in [0.25, 0.3) is 0 Å². The third-order valence-electron chi connectivity index (χ3n) is 4.17. The van der Waals surface area contributed by atoms with E-state index in [1.807, 2.05) is 0 Å². The van der Waals surface area contributed by atoms with E-state index in [1.165, 1.54) is 32.5 Å². The highest BCUT2D eigenvalue weighted by Crippen LogP contribution is 2.28. The van der Waals surface area contributed by atoms with Gasteiger partial charge in [-0.1, -0.05) is 0 Å². The van der Waals surface area contributed by atoms with Gasteiger partial charge in [-0.2, -0.15) is 11.8 Å². The molecule has 0 aromatic heterocycles. The Morgan fingerprint density at radius 2 is 2.12 bits per heavy atom. The lowest BCUT2D eigenvalue weighted by Crippen LogP contribution is -2.59. The van der Waals surface area contributed by atoms with E-state index in [2.05, 4.69) is 23.4 Å². The van der Waals surface area contributed by atoms with Crippen LogP contribution >= 0.6 is 11.8 Å². The average Bonchev–Trinajstić information content (AvgIpc) is 2.32. The van der Waals surface area contributed by atoms with Gasteiger partial charge >= 0.3 is 0 Å². The lowest BCUT2D eigenvalue weighted by Gasteiger charge is -2.46. The molecule has 16 heavy (non-hydrogen) atoms. The lowest BCUT2D eigenvalue weighted by atomic mass is 9.83. The van der Waals surface area contributed by atoms with E-state index in [9.17, 15) is 5.11 Å². The van der Waals surface area contributed by atoms with Gasteiger partial charge in [-0.25, -0.2) is 0 Å². The molecule has 0 spiro atoms. The Kier molecular flexibility index (Phi) is 4.53. The molecule has 3 unspecified atom stereocenters. The van der Waals surface area contributed by atoms with Gasteiger partial charge in [-0.05, 0) is 45.0 Å². The second-order valence-electron chi connectivity index (χ2n) is 5.16. The zero-order chi connectivity index (χ0) is 11.5. The van der Waals surface area contributed by atoms with Crippen molar-refractivity contribution in [3.63, 3.8) is 0 Å². The van der Waals surface area contributed by atoms with Gasteiger partial charge in [0.2, 0.25) is 0 Å². The van der Waals surface area contributed by atoms with Gasteiger partial charge in [0.05, 0.1) is 6.61 Å². The molecule has 94 valence electrons. The second-order valence-corrected chi connectivity index (χ2v) is 6.23. The van der Waals surface area contributed by atoms with Gasteiger partial charge in [-0.15, -0.1) is 0 Å². The van der Waals surface area contributed by atoms with E-state index < -0.39 is 0 Å². The van der Waals surface area contributed by atoms with Crippen LogP contribution in [0.25, 0.3) is 0 Å². The molecule has 3 heterocycles. The van der Waals surface area contributed by atoms with Crippen LogP contribution < -0.4 is 5.32 Å². The Bertz CT molecular complexity index is 215. The summed E-state index contributed by atoms with van der Waals surface area (Å²) in [5.41, 5.74) is 0. The summed E-state index contributed by atoms with van der Waals surface area (Å²) in [4.78, 5) is 2.57. The molecule has 0 aromatic carbocycles. The summed E-state index contributed by atoms with van der Waals surface area (Å²) in [5.74, 6) is 0.869. The fourth-order valence-corrected chi connectivity index (χ4v) is 3.67. The average molecular weight is 244 g/mol. The number of nitrogens with one attached hydrogen (secondary N) is 1. The summed E-state index contributed by atoms with van der Waals surface area (Å²) in [6.45, 7) is 6.28. The number of hydrogen-bond acceptors (Lipinski definition) is 4. The minimum absolute atomic E-state index is 0.274. The van der Waals surface area contributed by atoms with Crippen LogP contribution in [0, 0.1) is 5.92 Å². The van der Waals surface area contributed by atoms with Crippen LogP contribution in [0.5, 0.6) is 0 Å². The summed E-state index contributed by atoms with van der Waals surface area (Å²) in [6, 6.07) is 1.06. The zero-order valence-electron chi connectivity index (χ0n) is 10.4. The van der Waals surface area contributed by atoms with Gasteiger partial charge in [0.15, 0.2) is 0 Å². The molecule has 3 aliphatic heterocycles. The smallest absolute Gasteiger partial charge is 0.0564 e. The SMILES string of the molecule is CSC(CO)C(C)NC1CN2CCC1CC2. The molecule has 4 heteroatoms. The second kappa shape index (κ2) is 5.71. The molecule has 3 aliphatic rings. The fraction of sp³-hybridized carbons (Fsp3) is 1.00. The molecule has 3 rings (SSSR count). The van der Waals surface area contributed by atoms with Crippen LogP contribution in [0.2, 0.25) is 0 Å². The van der Waals surface area contributed by atoms with Crippen molar-refractivity contribution < 1.29 is 5.11 Å². The number of hydrogen-bond donors (Lipinski definition) is 2. The highest BCUT2D eigenvalue weighted by molar-refractivity contribution is 7.99. The topological polar surface area (TPSA) is 35.5 Å². The maximum absolute atomic E-state index is 9.29. The van der Waals surface area contributed by atoms with Gasteiger partial charge < -0.3 is 15.3 Å². The largest absolute Gasteiger partial charge is 0.395 e. The standard InChI is InChI=1S/C12H24N2OS/c1-9(12(8-15)16-2)13-11-7-14-5-3-10(11)4-6-14/h9-13,15H,3-8H2,1-2H3. The first-order valence-corrected chi connectivity index (χ1v) is 7.65. The predicted molar refractivity (Wildman–Crippen MR) is 69.9 cm³/mol. The first-order chi connectivity index (χ1) is 7.74.